The second-order valence-corrected chi connectivity index (χ2v) is 5.03. The largest absolute Gasteiger partial charge is 0.382 e. The van der Waals surface area contributed by atoms with Crippen molar-refractivity contribution >= 4 is 15.7 Å². The maximum Gasteiger partial charge on any atom is 0.213 e. The van der Waals surface area contributed by atoms with Gasteiger partial charge >= 0.3 is 0 Å². The predicted molar refractivity (Wildman–Crippen MR) is 60.3 cm³/mol. The summed E-state index contributed by atoms with van der Waals surface area (Å²) in [6.45, 7) is 0.226. The van der Waals surface area contributed by atoms with Crippen LogP contribution < -0.4 is 10.0 Å². The summed E-state index contributed by atoms with van der Waals surface area (Å²) in [7, 11) is -1.86. The highest BCUT2D eigenvalue weighted by molar-refractivity contribution is 7.89. The number of nitrogens with one attached hydrogen (secondary N) is 2. The highest BCUT2D eigenvalue weighted by atomic mass is 32.2. The Morgan fingerprint density at radius 3 is 2.94 bits per heavy atom. The molecule has 0 amide bonds. The van der Waals surface area contributed by atoms with Crippen molar-refractivity contribution in [3.05, 3.63) is 24.0 Å². The lowest BCUT2D eigenvalue weighted by Crippen LogP contribution is -2.26. The lowest BCUT2D eigenvalue weighted by Gasteiger charge is -2.07. The maximum absolute atomic E-state index is 11.1. The third kappa shape index (κ3) is 3.49. The molecule has 0 saturated carbocycles. The van der Waals surface area contributed by atoms with E-state index in [1.54, 1.807) is 6.07 Å². The summed E-state index contributed by atoms with van der Waals surface area (Å²) < 4.78 is 24.4. The number of hydrogen-bond donors (Lipinski definition) is 2. The van der Waals surface area contributed by atoms with E-state index in [0.29, 0.717) is 11.3 Å². The molecule has 0 bridgehead atoms. The van der Waals surface area contributed by atoms with Gasteiger partial charge in [0.2, 0.25) is 10.0 Å². The number of nitrogens with zero attached hydrogens (tertiary/aromatic N) is 2. The molecule has 0 fully saturated rings. The molecule has 0 aliphatic heterocycles. The SMILES string of the molecule is CNS(=O)(=O)CCNc1cnccc1C#N. The van der Waals surface area contributed by atoms with E-state index < -0.39 is 10.0 Å². The summed E-state index contributed by atoms with van der Waals surface area (Å²) in [5.74, 6) is -0.0523. The van der Waals surface area contributed by atoms with Crippen LogP contribution in [-0.2, 0) is 10.0 Å². The molecule has 2 N–H and O–H groups in total. The van der Waals surface area contributed by atoms with Crippen LogP contribution in [-0.4, -0.2) is 32.7 Å². The zero-order valence-corrected chi connectivity index (χ0v) is 9.58. The average Bonchev–Trinajstić information content (AvgIpc) is 2.29. The molecule has 86 valence electrons. The van der Waals surface area contributed by atoms with Gasteiger partial charge in [0.15, 0.2) is 0 Å². The van der Waals surface area contributed by atoms with Crippen molar-refractivity contribution in [3.8, 4) is 6.07 Å². The van der Waals surface area contributed by atoms with Gasteiger partial charge in [-0.1, -0.05) is 0 Å². The van der Waals surface area contributed by atoms with Crippen molar-refractivity contribution < 1.29 is 8.42 Å². The Kier molecular flexibility index (Phi) is 4.22. The molecule has 7 heteroatoms. The molecule has 0 radical (unpaired) electrons. The van der Waals surface area contributed by atoms with E-state index in [-0.39, 0.29) is 12.3 Å². The molecule has 1 heterocycles. The van der Waals surface area contributed by atoms with Gasteiger partial charge in [-0.15, -0.1) is 0 Å². The Bertz CT molecular complexity index is 492. The van der Waals surface area contributed by atoms with Crippen LogP contribution in [0.2, 0.25) is 0 Å². The monoisotopic (exact) mass is 240 g/mol. The summed E-state index contributed by atoms with van der Waals surface area (Å²) in [6.07, 6.45) is 3.00. The smallest absolute Gasteiger partial charge is 0.213 e. The van der Waals surface area contributed by atoms with Gasteiger partial charge in [-0.05, 0) is 13.1 Å². The highest BCUT2D eigenvalue weighted by Gasteiger charge is 2.07. The Morgan fingerprint density at radius 2 is 2.31 bits per heavy atom. The van der Waals surface area contributed by atoms with E-state index in [9.17, 15) is 8.42 Å². The van der Waals surface area contributed by atoms with Gasteiger partial charge in [0.25, 0.3) is 0 Å². The number of pyridine rings is 1. The molecule has 6 nitrogen and oxygen atoms in total. The molecule has 0 aliphatic rings. The Morgan fingerprint density at radius 1 is 1.56 bits per heavy atom. The van der Waals surface area contributed by atoms with E-state index in [2.05, 4.69) is 15.0 Å². The van der Waals surface area contributed by atoms with Crippen molar-refractivity contribution in [2.45, 2.75) is 0 Å². The second-order valence-electron chi connectivity index (χ2n) is 2.98. The fourth-order valence-electron chi connectivity index (χ4n) is 1.05. The summed E-state index contributed by atoms with van der Waals surface area (Å²) >= 11 is 0. The normalized spacial score (nSPS) is 10.8. The number of hydrogen-bond acceptors (Lipinski definition) is 5. The molecule has 1 aromatic rings. The first-order chi connectivity index (χ1) is 7.59. The van der Waals surface area contributed by atoms with Gasteiger partial charge in [-0.25, -0.2) is 13.1 Å². The average molecular weight is 240 g/mol. The summed E-state index contributed by atoms with van der Waals surface area (Å²) in [5.41, 5.74) is 0.980. The molecule has 0 spiro atoms. The summed E-state index contributed by atoms with van der Waals surface area (Å²) in [4.78, 5) is 3.85. The van der Waals surface area contributed by atoms with Crippen molar-refractivity contribution in [1.82, 2.24) is 9.71 Å². The zero-order chi connectivity index (χ0) is 12.0. The lowest BCUT2D eigenvalue weighted by atomic mass is 10.2. The van der Waals surface area contributed by atoms with Gasteiger partial charge in [0.1, 0.15) is 6.07 Å². The number of rotatable bonds is 5. The minimum atomic E-state index is -3.23. The van der Waals surface area contributed by atoms with E-state index in [1.807, 2.05) is 6.07 Å². The maximum atomic E-state index is 11.1. The number of aromatic nitrogens is 1. The molecule has 0 atom stereocenters. The number of sulfonamides is 1. The molecular formula is C9H12N4O2S. The summed E-state index contributed by atoms with van der Waals surface area (Å²) in [5, 5.41) is 11.6. The molecular weight excluding hydrogens is 228 g/mol. The molecule has 1 aromatic heterocycles. The predicted octanol–water partition coefficient (Wildman–Crippen LogP) is -0.0856. The Balaban J connectivity index is 2.60. The zero-order valence-electron chi connectivity index (χ0n) is 8.77. The number of anilines is 1. The molecule has 0 saturated heterocycles. The van der Waals surface area contributed by atoms with Crippen LogP contribution in [0.25, 0.3) is 0 Å². The first-order valence-corrected chi connectivity index (χ1v) is 6.23. The standard InChI is InChI=1S/C9H12N4O2S/c1-11-16(14,15)5-4-13-9-7-12-3-2-8(9)6-10/h2-3,7,11,13H,4-5H2,1H3. The topological polar surface area (TPSA) is 94.9 Å². The van der Waals surface area contributed by atoms with E-state index in [1.165, 1.54) is 19.4 Å². The van der Waals surface area contributed by atoms with E-state index in [0.717, 1.165) is 0 Å². The van der Waals surface area contributed by atoms with Gasteiger partial charge in [-0.2, -0.15) is 5.26 Å². The fourth-order valence-corrected chi connectivity index (χ4v) is 1.63. The van der Waals surface area contributed by atoms with Gasteiger partial charge in [-0.3, -0.25) is 4.98 Å². The Labute approximate surface area is 94.4 Å². The van der Waals surface area contributed by atoms with Crippen molar-refractivity contribution in [2.75, 3.05) is 24.7 Å². The molecule has 16 heavy (non-hydrogen) atoms. The van der Waals surface area contributed by atoms with Gasteiger partial charge < -0.3 is 5.32 Å². The minimum absolute atomic E-state index is 0.0523. The molecule has 1 rings (SSSR count). The first kappa shape index (κ1) is 12.4. The van der Waals surface area contributed by atoms with Crippen molar-refractivity contribution in [2.24, 2.45) is 0 Å². The van der Waals surface area contributed by atoms with E-state index in [4.69, 9.17) is 5.26 Å². The van der Waals surface area contributed by atoms with Crippen LogP contribution >= 0.6 is 0 Å². The van der Waals surface area contributed by atoms with Crippen LogP contribution in [0.15, 0.2) is 18.5 Å². The number of nitriles is 1. The van der Waals surface area contributed by atoms with Gasteiger partial charge in [0, 0.05) is 12.7 Å². The van der Waals surface area contributed by atoms with Crippen molar-refractivity contribution in [3.63, 3.8) is 0 Å². The quantitative estimate of drug-likeness (QED) is 0.750. The second kappa shape index (κ2) is 5.44. The minimum Gasteiger partial charge on any atom is -0.382 e. The fraction of sp³-hybridized carbons (Fsp3) is 0.333. The third-order valence-corrected chi connectivity index (χ3v) is 3.30. The molecule has 0 aromatic carbocycles. The highest BCUT2D eigenvalue weighted by Crippen LogP contribution is 2.10. The lowest BCUT2D eigenvalue weighted by molar-refractivity contribution is 0.588. The van der Waals surface area contributed by atoms with E-state index >= 15 is 0 Å². The molecule has 0 unspecified atom stereocenters. The van der Waals surface area contributed by atoms with Crippen molar-refractivity contribution in [1.29, 1.82) is 5.26 Å². The van der Waals surface area contributed by atoms with Gasteiger partial charge in [0.05, 0.1) is 23.2 Å². The van der Waals surface area contributed by atoms with Crippen LogP contribution in [0.5, 0.6) is 0 Å². The Hall–Kier alpha value is -1.65. The van der Waals surface area contributed by atoms with Crippen LogP contribution in [0.1, 0.15) is 5.56 Å². The van der Waals surface area contributed by atoms with Crippen LogP contribution in [0.4, 0.5) is 5.69 Å². The third-order valence-electron chi connectivity index (χ3n) is 1.94. The van der Waals surface area contributed by atoms with Crippen LogP contribution in [0, 0.1) is 11.3 Å². The molecule has 0 aliphatic carbocycles. The first-order valence-electron chi connectivity index (χ1n) is 4.58. The van der Waals surface area contributed by atoms with Crippen LogP contribution in [0.3, 0.4) is 0 Å². The summed E-state index contributed by atoms with van der Waals surface area (Å²) in [6, 6.07) is 3.55.